The molecule has 1 N–H and O–H groups in total. The van der Waals surface area contributed by atoms with Crippen LogP contribution >= 0.6 is 0 Å². The van der Waals surface area contributed by atoms with E-state index in [0.29, 0.717) is 11.1 Å². The topological polar surface area (TPSA) is 102 Å². The molecule has 0 saturated heterocycles. The number of hydrogen-bond acceptors (Lipinski definition) is 6. The van der Waals surface area contributed by atoms with E-state index in [1.165, 1.54) is 12.1 Å². The van der Waals surface area contributed by atoms with Crippen molar-refractivity contribution in [2.75, 3.05) is 11.9 Å². The number of carbonyl (C=O) groups is 4. The van der Waals surface area contributed by atoms with Crippen LogP contribution in [0, 0.1) is 0 Å². The Bertz CT molecular complexity index is 1470. The van der Waals surface area contributed by atoms with Gasteiger partial charge >= 0.3 is 5.97 Å². The van der Waals surface area contributed by atoms with Crippen LogP contribution in [0.1, 0.15) is 42.3 Å². The fraction of sp³-hybridized carbons (Fsp3) is 0.0385. The minimum absolute atomic E-state index is 0.0796. The van der Waals surface area contributed by atoms with Crippen molar-refractivity contribution in [3.8, 4) is 0 Å². The quantitative estimate of drug-likeness (QED) is 0.430. The molecule has 7 nitrogen and oxygen atoms in total. The van der Waals surface area contributed by atoms with E-state index in [-0.39, 0.29) is 39.6 Å². The number of ketones is 2. The van der Waals surface area contributed by atoms with Gasteiger partial charge in [0.15, 0.2) is 18.2 Å². The maximum Gasteiger partial charge on any atom is 0.357 e. The first-order valence-electron chi connectivity index (χ1n) is 10.2. The van der Waals surface area contributed by atoms with Crippen LogP contribution in [-0.2, 0) is 9.53 Å². The van der Waals surface area contributed by atoms with E-state index in [9.17, 15) is 19.2 Å². The summed E-state index contributed by atoms with van der Waals surface area (Å²) in [4.78, 5) is 54.9. The van der Waals surface area contributed by atoms with E-state index < -0.39 is 18.5 Å². The molecule has 0 spiro atoms. The highest BCUT2D eigenvalue weighted by Gasteiger charge is 2.31. The molecule has 0 saturated carbocycles. The van der Waals surface area contributed by atoms with Gasteiger partial charge in [0.2, 0.25) is 0 Å². The van der Waals surface area contributed by atoms with E-state index in [1.807, 2.05) is 18.2 Å². The molecule has 3 aromatic carbocycles. The molecule has 0 fully saturated rings. The zero-order chi connectivity index (χ0) is 22.9. The molecule has 0 radical (unpaired) electrons. The summed E-state index contributed by atoms with van der Waals surface area (Å²) in [5.41, 5.74) is 1.85. The molecule has 1 heterocycles. The van der Waals surface area contributed by atoms with Crippen molar-refractivity contribution in [3.63, 3.8) is 0 Å². The van der Waals surface area contributed by atoms with Gasteiger partial charge < -0.3 is 10.1 Å². The standard InChI is InChI=1S/C26H16N2O5/c29-22(14-33-26(32)21-13-12-15-6-1-4-10-19(15)27-21)28-20-11-5-9-18-23(20)25(31)17-8-3-2-7-16(17)24(18)30/h1-13H,14H2,(H,28,29). The normalized spacial score (nSPS) is 12.1. The summed E-state index contributed by atoms with van der Waals surface area (Å²) in [6.45, 7) is -0.574. The Balaban J connectivity index is 1.32. The molecule has 33 heavy (non-hydrogen) atoms. The number of benzene rings is 3. The summed E-state index contributed by atoms with van der Waals surface area (Å²) < 4.78 is 5.09. The molecule has 160 valence electrons. The maximum atomic E-state index is 13.0. The van der Waals surface area contributed by atoms with Gasteiger partial charge in [-0.15, -0.1) is 0 Å². The lowest BCUT2D eigenvalue weighted by atomic mass is 9.83. The Morgan fingerprint density at radius 1 is 0.758 bits per heavy atom. The maximum absolute atomic E-state index is 13.0. The Kier molecular flexibility index (Phi) is 4.99. The number of hydrogen-bond donors (Lipinski definition) is 1. The first-order chi connectivity index (χ1) is 16.0. The lowest BCUT2D eigenvalue weighted by Crippen LogP contribution is -2.26. The van der Waals surface area contributed by atoms with Crippen LogP contribution in [0.2, 0.25) is 0 Å². The average Bonchev–Trinajstić information content (AvgIpc) is 2.85. The number of amides is 1. The number of para-hydroxylation sites is 1. The Morgan fingerprint density at radius 2 is 1.45 bits per heavy atom. The SMILES string of the molecule is O=C(COC(=O)c1ccc2ccccc2n1)Nc1cccc2c1C(=O)c1ccccc1C2=O. The van der Waals surface area contributed by atoms with Gasteiger partial charge in [0.1, 0.15) is 5.69 Å². The number of anilines is 1. The van der Waals surface area contributed by atoms with Crippen LogP contribution in [0.25, 0.3) is 10.9 Å². The monoisotopic (exact) mass is 436 g/mol. The largest absolute Gasteiger partial charge is 0.451 e. The fourth-order valence-electron chi connectivity index (χ4n) is 3.82. The van der Waals surface area contributed by atoms with Crippen LogP contribution in [0.5, 0.6) is 0 Å². The predicted molar refractivity (Wildman–Crippen MR) is 120 cm³/mol. The van der Waals surface area contributed by atoms with Crippen molar-refractivity contribution in [1.29, 1.82) is 0 Å². The molecular formula is C26H16N2O5. The molecular weight excluding hydrogens is 420 g/mol. The molecule has 0 unspecified atom stereocenters. The van der Waals surface area contributed by atoms with Crippen LogP contribution < -0.4 is 5.32 Å². The van der Waals surface area contributed by atoms with Crippen LogP contribution in [0.3, 0.4) is 0 Å². The molecule has 1 aliphatic carbocycles. The van der Waals surface area contributed by atoms with Crippen molar-refractivity contribution < 1.29 is 23.9 Å². The van der Waals surface area contributed by atoms with Gasteiger partial charge in [-0.25, -0.2) is 9.78 Å². The van der Waals surface area contributed by atoms with Gasteiger partial charge in [-0.3, -0.25) is 14.4 Å². The van der Waals surface area contributed by atoms with Crippen molar-refractivity contribution >= 4 is 40.0 Å². The summed E-state index contributed by atoms with van der Waals surface area (Å²) in [6.07, 6.45) is 0. The smallest absolute Gasteiger partial charge is 0.357 e. The first kappa shape index (κ1) is 20.3. The summed E-state index contributed by atoms with van der Waals surface area (Å²) in [7, 11) is 0. The van der Waals surface area contributed by atoms with Crippen LogP contribution in [-0.4, -0.2) is 35.0 Å². The van der Waals surface area contributed by atoms with E-state index >= 15 is 0 Å². The number of carbonyl (C=O) groups excluding carboxylic acids is 4. The number of fused-ring (bicyclic) bond motifs is 3. The van der Waals surface area contributed by atoms with Crippen molar-refractivity contribution in [1.82, 2.24) is 4.98 Å². The molecule has 1 aromatic heterocycles. The van der Waals surface area contributed by atoms with Gasteiger partial charge in [-0.2, -0.15) is 0 Å². The molecule has 4 aromatic rings. The second-order valence-electron chi connectivity index (χ2n) is 7.45. The van der Waals surface area contributed by atoms with E-state index in [0.717, 1.165) is 5.39 Å². The highest BCUT2D eigenvalue weighted by atomic mass is 16.5. The van der Waals surface area contributed by atoms with Gasteiger partial charge in [0.05, 0.1) is 16.8 Å². The summed E-state index contributed by atoms with van der Waals surface area (Å²) >= 11 is 0. The lowest BCUT2D eigenvalue weighted by Gasteiger charge is -2.20. The van der Waals surface area contributed by atoms with Crippen molar-refractivity contribution in [2.45, 2.75) is 0 Å². The highest BCUT2D eigenvalue weighted by molar-refractivity contribution is 6.30. The third-order valence-corrected chi connectivity index (χ3v) is 5.37. The number of ether oxygens (including phenoxy) is 1. The zero-order valence-electron chi connectivity index (χ0n) is 17.2. The summed E-state index contributed by atoms with van der Waals surface area (Å²) in [5.74, 6) is -2.03. The fourth-order valence-corrected chi connectivity index (χ4v) is 3.82. The molecule has 0 atom stereocenters. The average molecular weight is 436 g/mol. The van der Waals surface area contributed by atoms with Crippen molar-refractivity contribution in [2.24, 2.45) is 0 Å². The van der Waals surface area contributed by atoms with Crippen LogP contribution in [0.4, 0.5) is 5.69 Å². The Hall–Kier alpha value is -4.65. The second-order valence-corrected chi connectivity index (χ2v) is 7.45. The number of nitrogens with one attached hydrogen (secondary N) is 1. The number of aromatic nitrogens is 1. The predicted octanol–water partition coefficient (Wildman–Crippen LogP) is 3.81. The molecule has 0 bridgehead atoms. The number of nitrogens with zero attached hydrogens (tertiary/aromatic N) is 1. The van der Waals surface area contributed by atoms with Gasteiger partial charge in [-0.1, -0.05) is 60.7 Å². The zero-order valence-corrected chi connectivity index (χ0v) is 17.2. The van der Waals surface area contributed by atoms with Crippen molar-refractivity contribution in [3.05, 3.63) is 107 Å². The minimum Gasteiger partial charge on any atom is -0.451 e. The molecule has 0 aliphatic heterocycles. The third kappa shape index (κ3) is 3.65. The Labute approximate surface area is 188 Å². The van der Waals surface area contributed by atoms with Gasteiger partial charge in [0, 0.05) is 22.1 Å². The second kappa shape index (κ2) is 8.12. The van der Waals surface area contributed by atoms with E-state index in [1.54, 1.807) is 48.5 Å². The highest BCUT2D eigenvalue weighted by Crippen LogP contribution is 2.31. The molecule has 1 amide bonds. The van der Waals surface area contributed by atoms with E-state index in [4.69, 9.17) is 4.74 Å². The van der Waals surface area contributed by atoms with Gasteiger partial charge in [-0.05, 0) is 18.2 Å². The first-order valence-corrected chi connectivity index (χ1v) is 10.2. The number of esters is 1. The Morgan fingerprint density at radius 3 is 2.27 bits per heavy atom. The molecule has 1 aliphatic rings. The number of rotatable bonds is 4. The summed E-state index contributed by atoms with van der Waals surface area (Å²) in [5, 5.41) is 3.46. The number of pyridine rings is 1. The van der Waals surface area contributed by atoms with Gasteiger partial charge in [0.25, 0.3) is 5.91 Å². The minimum atomic E-state index is -0.744. The third-order valence-electron chi connectivity index (χ3n) is 5.37. The lowest BCUT2D eigenvalue weighted by molar-refractivity contribution is -0.119. The molecule has 5 rings (SSSR count). The van der Waals surface area contributed by atoms with Crippen LogP contribution in [0.15, 0.2) is 78.9 Å². The molecule has 7 heteroatoms. The summed E-state index contributed by atoms with van der Waals surface area (Å²) in [6, 6.07) is 21.8. The van der Waals surface area contributed by atoms with E-state index in [2.05, 4.69) is 10.3 Å².